The Labute approximate surface area is 400 Å². The maximum Gasteiger partial charge on any atom is 0.160 e. The first-order valence-electron chi connectivity index (χ1n) is 23.4. The highest BCUT2D eigenvalue weighted by Crippen LogP contribution is 2.43. The normalized spacial score (nSPS) is 11.5. The van der Waals surface area contributed by atoms with Crippen molar-refractivity contribution in [2.45, 2.75) is 0 Å². The van der Waals surface area contributed by atoms with Crippen molar-refractivity contribution in [2.75, 3.05) is 0 Å². The van der Waals surface area contributed by atoms with Crippen LogP contribution in [0.3, 0.4) is 0 Å². The molecule has 0 aliphatic carbocycles. The standard InChI is InChI=1S/C65H42N4/c1-4-17-43(18-5-1)47-21-14-24-50(39-47)59-42-58(67-65(68-59)52-26-16-23-49(41-52)44-19-6-2-7-20-44)46-35-33-45(34-36-46)48-22-15-25-51(40-48)64-56-37-38-61-63(62(56)54-29-10-12-31-57(54)66-64)55-30-11-13-32-60(55)69(61)53-27-8-3-9-28-53/h1-42H. The van der Waals surface area contributed by atoms with E-state index < -0.39 is 0 Å². The van der Waals surface area contributed by atoms with Crippen LogP contribution >= 0.6 is 0 Å². The molecule has 4 nitrogen and oxygen atoms in total. The predicted octanol–water partition coefficient (Wildman–Crippen LogP) is 16.9. The van der Waals surface area contributed by atoms with Crippen LogP contribution in [0.1, 0.15) is 0 Å². The van der Waals surface area contributed by atoms with Crippen LogP contribution in [0.2, 0.25) is 0 Å². The molecule has 3 aromatic heterocycles. The second-order valence-corrected chi connectivity index (χ2v) is 17.6. The Morgan fingerprint density at radius 1 is 0.261 bits per heavy atom. The highest BCUT2D eigenvalue weighted by molar-refractivity contribution is 6.29. The van der Waals surface area contributed by atoms with Crippen LogP contribution in [0.15, 0.2) is 255 Å². The van der Waals surface area contributed by atoms with E-state index in [0.717, 1.165) is 94.7 Å². The summed E-state index contributed by atoms with van der Waals surface area (Å²) in [5.74, 6) is 0.680. The average molecular weight is 879 g/mol. The Hall–Kier alpha value is -9.25. The molecule has 0 saturated heterocycles. The first-order chi connectivity index (χ1) is 34.2. The van der Waals surface area contributed by atoms with Gasteiger partial charge in [-0.1, -0.05) is 200 Å². The third-order valence-electron chi connectivity index (χ3n) is 13.4. The molecule has 322 valence electrons. The molecule has 13 aromatic rings. The van der Waals surface area contributed by atoms with Crippen LogP contribution in [-0.2, 0) is 0 Å². The summed E-state index contributed by atoms with van der Waals surface area (Å²) < 4.78 is 2.39. The van der Waals surface area contributed by atoms with E-state index in [9.17, 15) is 0 Å². The molecule has 4 heteroatoms. The first-order valence-corrected chi connectivity index (χ1v) is 23.4. The minimum Gasteiger partial charge on any atom is -0.309 e. The molecule has 0 amide bonds. The number of benzene rings is 10. The summed E-state index contributed by atoms with van der Waals surface area (Å²) in [4.78, 5) is 15.9. The molecule has 0 spiro atoms. The molecule has 0 radical (unpaired) electrons. The van der Waals surface area contributed by atoms with E-state index in [2.05, 4.69) is 253 Å². The summed E-state index contributed by atoms with van der Waals surface area (Å²) in [6, 6.07) is 90.3. The maximum atomic E-state index is 5.40. The van der Waals surface area contributed by atoms with E-state index >= 15 is 0 Å². The lowest BCUT2D eigenvalue weighted by Gasteiger charge is -2.14. The molecule has 0 unspecified atom stereocenters. The van der Waals surface area contributed by atoms with E-state index in [4.69, 9.17) is 15.0 Å². The van der Waals surface area contributed by atoms with Crippen molar-refractivity contribution in [3.63, 3.8) is 0 Å². The Morgan fingerprint density at radius 3 is 1.45 bits per heavy atom. The van der Waals surface area contributed by atoms with Gasteiger partial charge in [0.15, 0.2) is 5.82 Å². The molecule has 69 heavy (non-hydrogen) atoms. The molecule has 0 bridgehead atoms. The summed E-state index contributed by atoms with van der Waals surface area (Å²) in [6.45, 7) is 0. The van der Waals surface area contributed by atoms with Gasteiger partial charge in [0, 0.05) is 54.9 Å². The predicted molar refractivity (Wildman–Crippen MR) is 287 cm³/mol. The van der Waals surface area contributed by atoms with Gasteiger partial charge in [0.2, 0.25) is 0 Å². The minimum atomic E-state index is 0.680. The molecule has 0 atom stereocenters. The number of para-hydroxylation sites is 3. The SMILES string of the molecule is c1ccc(-c2cccc(-c3cc(-c4ccc(-c5cccc(-c6nc7ccccc7c7c6ccc6c7c7ccccc7n6-c6ccccc6)c5)cc4)nc(-c4cccc(-c5ccccc5)c4)n3)c2)cc1. The van der Waals surface area contributed by atoms with Gasteiger partial charge in [-0.2, -0.15) is 0 Å². The molecule has 0 saturated carbocycles. The van der Waals surface area contributed by atoms with Crippen LogP contribution in [0.4, 0.5) is 0 Å². The quantitative estimate of drug-likeness (QED) is 0.143. The maximum absolute atomic E-state index is 5.40. The minimum absolute atomic E-state index is 0.680. The summed E-state index contributed by atoms with van der Waals surface area (Å²) in [5, 5.41) is 5.96. The summed E-state index contributed by atoms with van der Waals surface area (Å²) >= 11 is 0. The van der Waals surface area contributed by atoms with Gasteiger partial charge in [-0.25, -0.2) is 15.0 Å². The van der Waals surface area contributed by atoms with E-state index in [-0.39, 0.29) is 0 Å². The fourth-order valence-corrected chi connectivity index (χ4v) is 10.1. The largest absolute Gasteiger partial charge is 0.309 e. The number of nitrogens with zero attached hydrogens (tertiary/aromatic N) is 4. The zero-order valence-electron chi connectivity index (χ0n) is 37.5. The Bertz CT molecular complexity index is 3940. The van der Waals surface area contributed by atoms with Crippen LogP contribution in [0.5, 0.6) is 0 Å². The van der Waals surface area contributed by atoms with E-state index in [0.29, 0.717) is 5.82 Å². The van der Waals surface area contributed by atoms with Gasteiger partial charge in [0.1, 0.15) is 0 Å². The number of aromatic nitrogens is 4. The van der Waals surface area contributed by atoms with Crippen molar-refractivity contribution in [3.05, 3.63) is 255 Å². The fourth-order valence-electron chi connectivity index (χ4n) is 10.1. The highest BCUT2D eigenvalue weighted by atomic mass is 15.0. The van der Waals surface area contributed by atoms with Crippen LogP contribution in [-0.4, -0.2) is 19.5 Å². The molecule has 13 rings (SSSR count). The van der Waals surface area contributed by atoms with E-state index in [1.165, 1.54) is 27.2 Å². The number of pyridine rings is 1. The van der Waals surface area contributed by atoms with E-state index in [1.807, 2.05) is 6.07 Å². The lowest BCUT2D eigenvalue weighted by molar-refractivity contribution is 1.18. The fraction of sp³-hybridized carbons (Fsp3) is 0. The Kier molecular flexibility index (Phi) is 9.80. The number of hydrogen-bond donors (Lipinski definition) is 0. The zero-order valence-corrected chi connectivity index (χ0v) is 37.5. The van der Waals surface area contributed by atoms with Gasteiger partial charge in [-0.05, 0) is 88.0 Å². The van der Waals surface area contributed by atoms with Gasteiger partial charge in [0.25, 0.3) is 0 Å². The molecule has 0 N–H and O–H groups in total. The molecular weight excluding hydrogens is 837 g/mol. The second kappa shape index (κ2) is 16.9. The molecule has 0 fully saturated rings. The topological polar surface area (TPSA) is 43.6 Å². The second-order valence-electron chi connectivity index (χ2n) is 17.6. The zero-order chi connectivity index (χ0) is 45.7. The van der Waals surface area contributed by atoms with Crippen molar-refractivity contribution >= 4 is 43.5 Å². The number of fused-ring (bicyclic) bond motifs is 7. The van der Waals surface area contributed by atoms with Crippen LogP contribution < -0.4 is 0 Å². The van der Waals surface area contributed by atoms with Crippen LogP contribution in [0, 0.1) is 0 Å². The van der Waals surface area contributed by atoms with Gasteiger partial charge in [-0.3, -0.25) is 0 Å². The van der Waals surface area contributed by atoms with Crippen molar-refractivity contribution in [2.24, 2.45) is 0 Å². The van der Waals surface area contributed by atoms with Crippen molar-refractivity contribution < 1.29 is 0 Å². The monoisotopic (exact) mass is 878 g/mol. The summed E-state index contributed by atoms with van der Waals surface area (Å²) in [6.07, 6.45) is 0. The summed E-state index contributed by atoms with van der Waals surface area (Å²) in [5.41, 5.74) is 18.1. The van der Waals surface area contributed by atoms with Crippen LogP contribution in [0.25, 0.3) is 128 Å². The van der Waals surface area contributed by atoms with Gasteiger partial charge in [-0.15, -0.1) is 0 Å². The highest BCUT2D eigenvalue weighted by Gasteiger charge is 2.20. The van der Waals surface area contributed by atoms with Crippen molar-refractivity contribution in [3.8, 4) is 84.2 Å². The first kappa shape index (κ1) is 40.1. The lowest BCUT2D eigenvalue weighted by atomic mass is 9.94. The Morgan fingerprint density at radius 2 is 0.754 bits per heavy atom. The van der Waals surface area contributed by atoms with E-state index in [1.54, 1.807) is 0 Å². The number of rotatable bonds is 8. The smallest absolute Gasteiger partial charge is 0.160 e. The summed E-state index contributed by atoms with van der Waals surface area (Å²) in [7, 11) is 0. The van der Waals surface area contributed by atoms with Crippen molar-refractivity contribution in [1.29, 1.82) is 0 Å². The molecule has 3 heterocycles. The Balaban J connectivity index is 0.913. The van der Waals surface area contributed by atoms with Crippen molar-refractivity contribution in [1.82, 2.24) is 19.5 Å². The number of hydrogen-bond acceptors (Lipinski definition) is 3. The lowest BCUT2D eigenvalue weighted by Crippen LogP contribution is -1.96. The molecule has 0 aliphatic heterocycles. The van der Waals surface area contributed by atoms with Gasteiger partial charge in [0.05, 0.1) is 33.6 Å². The molecule has 0 aliphatic rings. The molecule has 10 aromatic carbocycles. The third kappa shape index (κ3) is 7.23. The van der Waals surface area contributed by atoms with Gasteiger partial charge < -0.3 is 4.57 Å². The third-order valence-corrected chi connectivity index (χ3v) is 13.4. The van der Waals surface area contributed by atoms with Gasteiger partial charge >= 0.3 is 0 Å². The molecular formula is C65H42N4. The average Bonchev–Trinajstić information content (AvgIpc) is 3.78.